The molecule has 5 heteroatoms. The molecule has 130 valence electrons. The standard InChI is InChI=1S/C20H21ClFN3/c21-15-7-4-6-14(12-15)13-23-19-20(10-2-1-3-11-20)25-18-16(22)8-5-9-17(18)24-19/h4-9,12,25H,1-3,10-11,13H2,(H,23,24). The van der Waals surface area contributed by atoms with Gasteiger partial charge in [0.15, 0.2) is 0 Å². The summed E-state index contributed by atoms with van der Waals surface area (Å²) in [7, 11) is 0. The summed E-state index contributed by atoms with van der Waals surface area (Å²) in [5.41, 5.74) is 2.08. The first-order valence-electron chi connectivity index (χ1n) is 8.79. The van der Waals surface area contributed by atoms with Crippen LogP contribution in [0.25, 0.3) is 0 Å². The molecule has 0 aromatic heterocycles. The van der Waals surface area contributed by atoms with Crippen LogP contribution in [0.2, 0.25) is 5.02 Å². The average Bonchev–Trinajstić information content (AvgIpc) is 2.62. The number of hydrogen-bond donors (Lipinski definition) is 2. The number of anilines is 2. The van der Waals surface area contributed by atoms with Gasteiger partial charge in [-0.3, -0.25) is 4.99 Å². The zero-order chi connectivity index (χ0) is 17.3. The lowest BCUT2D eigenvalue weighted by molar-refractivity contribution is 0.401. The summed E-state index contributed by atoms with van der Waals surface area (Å²) in [5.74, 6) is 0.689. The van der Waals surface area contributed by atoms with Gasteiger partial charge < -0.3 is 10.6 Å². The maximum absolute atomic E-state index is 14.3. The maximum atomic E-state index is 14.3. The summed E-state index contributed by atoms with van der Waals surface area (Å²) in [6, 6.07) is 12.9. The van der Waals surface area contributed by atoms with E-state index < -0.39 is 0 Å². The van der Waals surface area contributed by atoms with Crippen molar-refractivity contribution in [3.8, 4) is 0 Å². The van der Waals surface area contributed by atoms with Crippen LogP contribution in [0.5, 0.6) is 0 Å². The predicted octanol–water partition coefficient (Wildman–Crippen LogP) is 5.62. The second kappa shape index (κ2) is 6.68. The molecule has 1 aliphatic carbocycles. The summed E-state index contributed by atoms with van der Waals surface area (Å²) in [6.07, 6.45) is 5.38. The molecule has 0 radical (unpaired) electrons. The topological polar surface area (TPSA) is 36.4 Å². The smallest absolute Gasteiger partial charge is 0.148 e. The van der Waals surface area contributed by atoms with E-state index >= 15 is 0 Å². The van der Waals surface area contributed by atoms with Crippen LogP contribution in [0.1, 0.15) is 37.7 Å². The third kappa shape index (κ3) is 3.23. The Labute approximate surface area is 152 Å². The van der Waals surface area contributed by atoms with Gasteiger partial charge in [0.25, 0.3) is 0 Å². The third-order valence-electron chi connectivity index (χ3n) is 5.10. The molecule has 1 fully saturated rings. The first kappa shape index (κ1) is 16.4. The van der Waals surface area contributed by atoms with Gasteiger partial charge in [-0.1, -0.05) is 49.1 Å². The Hall–Kier alpha value is -2.07. The summed E-state index contributed by atoms with van der Waals surface area (Å²) < 4.78 is 14.3. The van der Waals surface area contributed by atoms with Crippen LogP contribution in [0.3, 0.4) is 0 Å². The molecule has 1 aliphatic heterocycles. The second-order valence-corrected chi connectivity index (χ2v) is 7.29. The molecule has 25 heavy (non-hydrogen) atoms. The zero-order valence-corrected chi connectivity index (χ0v) is 14.7. The van der Waals surface area contributed by atoms with Gasteiger partial charge in [-0.2, -0.15) is 0 Å². The largest absolute Gasteiger partial charge is 0.369 e. The highest BCUT2D eigenvalue weighted by atomic mass is 35.5. The van der Waals surface area contributed by atoms with Gasteiger partial charge in [0, 0.05) is 5.02 Å². The van der Waals surface area contributed by atoms with Crippen molar-refractivity contribution in [2.75, 3.05) is 10.6 Å². The van der Waals surface area contributed by atoms with Crippen LogP contribution in [0.15, 0.2) is 47.5 Å². The fourth-order valence-corrected chi connectivity index (χ4v) is 4.03. The number of nitrogens with one attached hydrogen (secondary N) is 2. The lowest BCUT2D eigenvalue weighted by atomic mass is 9.79. The lowest BCUT2D eigenvalue weighted by Gasteiger charge is -2.44. The molecule has 1 spiro atoms. The van der Waals surface area contributed by atoms with Crippen LogP contribution in [0.4, 0.5) is 15.8 Å². The van der Waals surface area contributed by atoms with Gasteiger partial charge >= 0.3 is 0 Å². The van der Waals surface area contributed by atoms with Crippen LogP contribution in [0, 0.1) is 5.82 Å². The number of aliphatic imine (C=N–C) groups is 1. The van der Waals surface area contributed by atoms with E-state index in [2.05, 4.69) is 10.6 Å². The van der Waals surface area contributed by atoms with E-state index in [1.807, 2.05) is 30.3 Å². The third-order valence-corrected chi connectivity index (χ3v) is 5.34. The number of fused-ring (bicyclic) bond motifs is 1. The Morgan fingerprint density at radius 3 is 2.68 bits per heavy atom. The minimum atomic E-state index is -0.300. The molecule has 0 saturated heterocycles. The number of benzene rings is 2. The molecule has 0 unspecified atom stereocenters. The summed E-state index contributed by atoms with van der Waals surface area (Å²) >= 11 is 6.07. The van der Waals surface area contributed by atoms with E-state index in [0.717, 1.165) is 42.8 Å². The molecule has 1 heterocycles. The van der Waals surface area contributed by atoms with Crippen molar-refractivity contribution in [2.45, 2.75) is 44.2 Å². The van der Waals surface area contributed by atoms with Crippen molar-refractivity contribution in [3.05, 3.63) is 58.9 Å². The summed E-state index contributed by atoms with van der Waals surface area (Å²) in [4.78, 5) is 4.86. The Bertz CT molecular complexity index is 812. The molecular formula is C20H21ClFN3. The zero-order valence-electron chi connectivity index (χ0n) is 14.0. The highest BCUT2D eigenvalue weighted by Crippen LogP contribution is 2.40. The van der Waals surface area contributed by atoms with E-state index in [9.17, 15) is 4.39 Å². The van der Waals surface area contributed by atoms with Gasteiger partial charge in [0.1, 0.15) is 11.7 Å². The monoisotopic (exact) mass is 357 g/mol. The van der Waals surface area contributed by atoms with Gasteiger partial charge in [-0.05, 0) is 42.7 Å². The molecule has 2 aromatic rings. The fourth-order valence-electron chi connectivity index (χ4n) is 3.81. The van der Waals surface area contributed by atoms with Crippen molar-refractivity contribution < 1.29 is 4.39 Å². The fraction of sp³-hybridized carbons (Fsp3) is 0.350. The SMILES string of the molecule is Fc1cccc2c1NC1(CCCCC1)C(=NCc1cccc(Cl)c1)N2. The number of rotatable bonds is 2. The number of amidine groups is 1. The van der Waals surface area contributed by atoms with Crippen molar-refractivity contribution in [1.82, 2.24) is 0 Å². The summed E-state index contributed by atoms with van der Waals surface area (Å²) in [5, 5.41) is 7.60. The van der Waals surface area contributed by atoms with Gasteiger partial charge in [-0.25, -0.2) is 4.39 Å². The molecule has 3 nitrogen and oxygen atoms in total. The Kier molecular flexibility index (Phi) is 4.38. The number of nitrogens with zero attached hydrogens (tertiary/aromatic N) is 1. The Morgan fingerprint density at radius 2 is 1.88 bits per heavy atom. The molecule has 2 aromatic carbocycles. The van der Waals surface area contributed by atoms with Crippen molar-refractivity contribution in [1.29, 1.82) is 0 Å². The minimum absolute atomic E-state index is 0.219. The van der Waals surface area contributed by atoms with E-state index in [4.69, 9.17) is 16.6 Å². The van der Waals surface area contributed by atoms with E-state index in [1.165, 1.54) is 12.5 Å². The molecule has 2 aliphatic rings. The Balaban J connectivity index is 1.69. The number of hydrogen-bond acceptors (Lipinski definition) is 2. The van der Waals surface area contributed by atoms with Crippen molar-refractivity contribution >= 4 is 28.8 Å². The highest BCUT2D eigenvalue weighted by molar-refractivity contribution is 6.30. The molecule has 0 amide bonds. The Morgan fingerprint density at radius 1 is 1.08 bits per heavy atom. The molecule has 1 saturated carbocycles. The average molecular weight is 358 g/mol. The van der Waals surface area contributed by atoms with Crippen LogP contribution in [-0.4, -0.2) is 11.4 Å². The molecule has 4 rings (SSSR count). The van der Waals surface area contributed by atoms with E-state index in [-0.39, 0.29) is 11.4 Å². The normalized spacial score (nSPS) is 20.0. The van der Waals surface area contributed by atoms with Crippen LogP contribution in [-0.2, 0) is 6.54 Å². The lowest BCUT2D eigenvalue weighted by Crippen LogP contribution is -2.54. The quantitative estimate of drug-likeness (QED) is 0.732. The van der Waals surface area contributed by atoms with Crippen molar-refractivity contribution in [3.63, 3.8) is 0 Å². The molecular weight excluding hydrogens is 337 g/mol. The second-order valence-electron chi connectivity index (χ2n) is 6.85. The number of halogens is 2. The van der Waals surface area contributed by atoms with Crippen molar-refractivity contribution in [2.24, 2.45) is 4.99 Å². The van der Waals surface area contributed by atoms with Gasteiger partial charge in [0.2, 0.25) is 0 Å². The van der Waals surface area contributed by atoms with Crippen LogP contribution < -0.4 is 10.6 Å². The van der Waals surface area contributed by atoms with Gasteiger partial charge in [0.05, 0.1) is 23.5 Å². The molecule has 0 bridgehead atoms. The predicted molar refractivity (Wildman–Crippen MR) is 102 cm³/mol. The van der Waals surface area contributed by atoms with Gasteiger partial charge in [-0.15, -0.1) is 0 Å². The van der Waals surface area contributed by atoms with E-state index in [0.29, 0.717) is 17.3 Å². The first-order valence-corrected chi connectivity index (χ1v) is 9.17. The first-order chi connectivity index (χ1) is 12.2. The van der Waals surface area contributed by atoms with Crippen LogP contribution >= 0.6 is 11.6 Å². The summed E-state index contributed by atoms with van der Waals surface area (Å²) in [6.45, 7) is 0.553. The maximum Gasteiger partial charge on any atom is 0.148 e. The molecule has 0 atom stereocenters. The number of para-hydroxylation sites is 1. The minimum Gasteiger partial charge on any atom is -0.369 e. The van der Waals surface area contributed by atoms with E-state index in [1.54, 1.807) is 6.07 Å². The highest BCUT2D eigenvalue weighted by Gasteiger charge is 2.41. The molecule has 2 N–H and O–H groups in total.